The van der Waals surface area contributed by atoms with Crippen molar-refractivity contribution in [2.75, 3.05) is 19.4 Å². The summed E-state index contributed by atoms with van der Waals surface area (Å²) < 4.78 is 5.43. The van der Waals surface area contributed by atoms with Gasteiger partial charge < -0.3 is 10.5 Å². The number of hydrogen-bond acceptors (Lipinski definition) is 3. The summed E-state index contributed by atoms with van der Waals surface area (Å²) in [6.45, 7) is 2.95. The van der Waals surface area contributed by atoms with E-state index in [-0.39, 0.29) is 0 Å². The number of ether oxygens (including phenoxy) is 1. The topological polar surface area (TPSA) is 38.5 Å². The van der Waals surface area contributed by atoms with Crippen molar-refractivity contribution in [3.8, 4) is 5.75 Å². The normalized spacial score (nSPS) is 14.8. The molecule has 20 heavy (non-hydrogen) atoms. The highest BCUT2D eigenvalue weighted by Gasteiger charge is 2.17. The van der Waals surface area contributed by atoms with Gasteiger partial charge in [0.1, 0.15) is 5.75 Å². The number of fused-ring (bicyclic) bond motifs is 1. The van der Waals surface area contributed by atoms with E-state index in [0.29, 0.717) is 0 Å². The van der Waals surface area contributed by atoms with Gasteiger partial charge in [0.05, 0.1) is 7.11 Å². The SMILES string of the molecule is COc1ccc(N)cc1CN1CCc2ccccc2C1. The molecule has 2 N–H and O–H groups in total. The van der Waals surface area contributed by atoms with Crippen LogP contribution in [0.5, 0.6) is 5.75 Å². The van der Waals surface area contributed by atoms with E-state index in [2.05, 4.69) is 29.2 Å². The third-order valence-electron chi connectivity index (χ3n) is 3.91. The van der Waals surface area contributed by atoms with E-state index in [1.54, 1.807) is 7.11 Å². The summed E-state index contributed by atoms with van der Waals surface area (Å²) >= 11 is 0. The Labute approximate surface area is 120 Å². The highest BCUT2D eigenvalue weighted by Crippen LogP contribution is 2.25. The fourth-order valence-corrected chi connectivity index (χ4v) is 2.85. The fourth-order valence-electron chi connectivity index (χ4n) is 2.85. The van der Waals surface area contributed by atoms with Crippen LogP contribution in [0.3, 0.4) is 0 Å². The first kappa shape index (κ1) is 13.0. The molecule has 0 bridgehead atoms. The van der Waals surface area contributed by atoms with Crippen LogP contribution in [0.15, 0.2) is 42.5 Å². The van der Waals surface area contributed by atoms with E-state index >= 15 is 0 Å². The van der Waals surface area contributed by atoms with Crippen LogP contribution < -0.4 is 10.5 Å². The van der Waals surface area contributed by atoms with Crippen LogP contribution in [0.2, 0.25) is 0 Å². The molecule has 0 aromatic heterocycles. The lowest BCUT2D eigenvalue weighted by Crippen LogP contribution is -2.30. The Morgan fingerprint density at radius 2 is 1.95 bits per heavy atom. The summed E-state index contributed by atoms with van der Waals surface area (Å²) in [4.78, 5) is 2.44. The maximum atomic E-state index is 5.89. The number of nitrogens with two attached hydrogens (primary N) is 1. The van der Waals surface area contributed by atoms with Crippen molar-refractivity contribution >= 4 is 5.69 Å². The molecule has 3 nitrogen and oxygen atoms in total. The van der Waals surface area contributed by atoms with Crippen LogP contribution >= 0.6 is 0 Å². The Balaban J connectivity index is 1.78. The zero-order chi connectivity index (χ0) is 13.9. The van der Waals surface area contributed by atoms with Crippen molar-refractivity contribution in [2.45, 2.75) is 19.5 Å². The summed E-state index contributed by atoms with van der Waals surface area (Å²) in [5, 5.41) is 0. The molecule has 3 heteroatoms. The third-order valence-corrected chi connectivity index (χ3v) is 3.91. The molecule has 3 rings (SSSR count). The molecule has 0 unspecified atom stereocenters. The van der Waals surface area contributed by atoms with E-state index < -0.39 is 0 Å². The summed E-state index contributed by atoms with van der Waals surface area (Å²) in [6.07, 6.45) is 1.11. The van der Waals surface area contributed by atoms with E-state index in [4.69, 9.17) is 10.5 Å². The van der Waals surface area contributed by atoms with Gasteiger partial charge in [-0.15, -0.1) is 0 Å². The molecule has 0 atom stereocenters. The van der Waals surface area contributed by atoms with Crippen molar-refractivity contribution < 1.29 is 4.74 Å². The lowest BCUT2D eigenvalue weighted by Gasteiger charge is -2.29. The molecular weight excluding hydrogens is 248 g/mol. The van der Waals surface area contributed by atoms with Gasteiger partial charge in [-0.2, -0.15) is 0 Å². The lowest BCUT2D eigenvalue weighted by atomic mass is 9.99. The highest BCUT2D eigenvalue weighted by atomic mass is 16.5. The Bertz CT molecular complexity index is 610. The second-order valence-electron chi connectivity index (χ2n) is 5.30. The van der Waals surface area contributed by atoms with Gasteiger partial charge in [-0.25, -0.2) is 0 Å². The second-order valence-corrected chi connectivity index (χ2v) is 5.30. The Morgan fingerprint density at radius 3 is 2.75 bits per heavy atom. The molecule has 1 heterocycles. The first-order valence-electron chi connectivity index (χ1n) is 6.98. The number of anilines is 1. The standard InChI is InChI=1S/C17H20N2O/c1-20-17-7-6-16(18)10-15(17)12-19-9-8-13-4-2-3-5-14(13)11-19/h2-7,10H,8-9,11-12,18H2,1H3. The number of methoxy groups -OCH3 is 1. The van der Waals surface area contributed by atoms with E-state index in [9.17, 15) is 0 Å². The maximum Gasteiger partial charge on any atom is 0.123 e. The summed E-state index contributed by atoms with van der Waals surface area (Å²) in [7, 11) is 1.71. The Morgan fingerprint density at radius 1 is 1.15 bits per heavy atom. The van der Waals surface area contributed by atoms with E-state index in [1.807, 2.05) is 18.2 Å². The van der Waals surface area contributed by atoms with Crippen molar-refractivity contribution in [3.63, 3.8) is 0 Å². The monoisotopic (exact) mass is 268 g/mol. The zero-order valence-corrected chi connectivity index (χ0v) is 11.8. The number of nitrogens with zero attached hydrogens (tertiary/aromatic N) is 1. The van der Waals surface area contributed by atoms with Crippen LogP contribution in [0.25, 0.3) is 0 Å². The molecule has 0 fully saturated rings. The average Bonchev–Trinajstić information content (AvgIpc) is 2.47. The van der Waals surface area contributed by atoms with Crippen LogP contribution in [0.4, 0.5) is 5.69 Å². The molecule has 2 aromatic rings. The minimum absolute atomic E-state index is 0.790. The minimum Gasteiger partial charge on any atom is -0.496 e. The smallest absolute Gasteiger partial charge is 0.123 e. The van der Waals surface area contributed by atoms with Crippen LogP contribution in [0, 0.1) is 0 Å². The maximum absolute atomic E-state index is 5.89. The number of benzene rings is 2. The van der Waals surface area contributed by atoms with Crippen LogP contribution in [-0.4, -0.2) is 18.6 Å². The molecule has 1 aliphatic rings. The predicted octanol–water partition coefficient (Wildman–Crippen LogP) is 2.84. The van der Waals surface area contributed by atoms with Gasteiger partial charge in [0.25, 0.3) is 0 Å². The Kier molecular flexibility index (Phi) is 3.61. The number of nitrogen functional groups attached to an aromatic ring is 1. The summed E-state index contributed by atoms with van der Waals surface area (Å²) in [5.41, 5.74) is 10.7. The van der Waals surface area contributed by atoms with Gasteiger partial charge in [-0.3, -0.25) is 4.90 Å². The lowest BCUT2D eigenvalue weighted by molar-refractivity contribution is 0.242. The Hall–Kier alpha value is -2.00. The minimum atomic E-state index is 0.790. The number of rotatable bonds is 3. The largest absolute Gasteiger partial charge is 0.496 e. The van der Waals surface area contributed by atoms with Gasteiger partial charge in [0.2, 0.25) is 0 Å². The molecule has 0 spiro atoms. The molecule has 0 radical (unpaired) electrons. The fraction of sp³-hybridized carbons (Fsp3) is 0.294. The predicted molar refractivity (Wildman–Crippen MR) is 81.7 cm³/mol. The van der Waals surface area contributed by atoms with Crippen LogP contribution in [0.1, 0.15) is 16.7 Å². The number of hydrogen-bond donors (Lipinski definition) is 1. The molecule has 104 valence electrons. The van der Waals surface area contributed by atoms with E-state index in [1.165, 1.54) is 11.1 Å². The second kappa shape index (κ2) is 5.55. The van der Waals surface area contributed by atoms with Crippen molar-refractivity contribution in [1.29, 1.82) is 0 Å². The highest BCUT2D eigenvalue weighted by molar-refractivity contribution is 5.48. The third kappa shape index (κ3) is 2.63. The quantitative estimate of drug-likeness (QED) is 0.870. The van der Waals surface area contributed by atoms with Gasteiger partial charge >= 0.3 is 0 Å². The van der Waals surface area contributed by atoms with Crippen molar-refractivity contribution in [3.05, 3.63) is 59.2 Å². The first-order chi connectivity index (χ1) is 9.76. The van der Waals surface area contributed by atoms with E-state index in [0.717, 1.165) is 43.1 Å². The van der Waals surface area contributed by atoms with Gasteiger partial charge in [-0.05, 0) is 35.7 Å². The molecular formula is C17H20N2O. The average molecular weight is 268 g/mol. The molecule has 0 aliphatic carbocycles. The van der Waals surface area contributed by atoms with Crippen molar-refractivity contribution in [2.24, 2.45) is 0 Å². The van der Waals surface area contributed by atoms with Crippen molar-refractivity contribution in [1.82, 2.24) is 4.90 Å². The van der Waals surface area contributed by atoms with Crippen LogP contribution in [-0.2, 0) is 19.5 Å². The molecule has 2 aromatic carbocycles. The first-order valence-corrected chi connectivity index (χ1v) is 6.98. The van der Waals surface area contributed by atoms with Gasteiger partial charge in [-0.1, -0.05) is 24.3 Å². The van der Waals surface area contributed by atoms with Gasteiger partial charge in [0, 0.05) is 30.9 Å². The molecule has 0 amide bonds. The molecule has 0 saturated heterocycles. The zero-order valence-electron chi connectivity index (χ0n) is 11.8. The summed E-state index contributed by atoms with van der Waals surface area (Å²) in [6, 6.07) is 14.5. The van der Waals surface area contributed by atoms with Gasteiger partial charge in [0.15, 0.2) is 0 Å². The molecule has 0 saturated carbocycles. The molecule has 1 aliphatic heterocycles. The summed E-state index contributed by atoms with van der Waals surface area (Å²) in [5.74, 6) is 0.915.